The van der Waals surface area contributed by atoms with Gasteiger partial charge in [-0.15, -0.1) is 0 Å². The van der Waals surface area contributed by atoms with Crippen LogP contribution in [0.4, 0.5) is 0 Å². The van der Waals surface area contributed by atoms with Gasteiger partial charge in [-0.1, -0.05) is 101 Å². The van der Waals surface area contributed by atoms with Gasteiger partial charge in [0.05, 0.1) is 0 Å². The Morgan fingerprint density at radius 3 is 1.38 bits per heavy atom. The van der Waals surface area contributed by atoms with Crippen LogP contribution in [-0.2, 0) is 10.8 Å². The normalized spacial score (nSPS) is 30.4. The lowest BCUT2D eigenvalue weighted by Gasteiger charge is -2.48. The quantitative estimate of drug-likeness (QED) is 0.430. The van der Waals surface area contributed by atoms with E-state index in [1.807, 2.05) is 0 Å². The molecule has 0 N–H and O–H groups in total. The molecule has 0 bridgehead atoms. The van der Waals surface area contributed by atoms with E-state index in [2.05, 4.69) is 77.9 Å². The van der Waals surface area contributed by atoms with Crippen LogP contribution < -0.4 is 0 Å². The summed E-state index contributed by atoms with van der Waals surface area (Å²) in [6, 6.07) is 14.8. The average molecular weight is 429 g/mol. The van der Waals surface area contributed by atoms with Gasteiger partial charge in [0.2, 0.25) is 0 Å². The first-order chi connectivity index (χ1) is 15.2. The summed E-state index contributed by atoms with van der Waals surface area (Å²) < 4.78 is 0. The van der Waals surface area contributed by atoms with Crippen molar-refractivity contribution in [1.82, 2.24) is 0 Å². The van der Waals surface area contributed by atoms with Crippen LogP contribution in [0.25, 0.3) is 11.1 Å². The molecule has 2 aromatic carbocycles. The zero-order valence-corrected chi connectivity index (χ0v) is 21.4. The maximum Gasteiger partial charge on any atom is 0.00617 e. The van der Waals surface area contributed by atoms with E-state index in [1.54, 1.807) is 22.3 Å². The molecule has 2 aromatic rings. The molecule has 0 amide bonds. The standard InChI is InChI=1S/C32H44/c1-21(2)7-11-25-17-31-19-26(12-8-22(3)4)20-32(31,18-25)30-16-24(6)10-14-28(30)27-13-9-23(5)15-29(27)31/h9-10,13-16,21-22,25-26H,7-8,11-12,17-20H2,1-6H3. The largest absolute Gasteiger partial charge is 0.0628 e. The zero-order chi connectivity index (χ0) is 22.7. The van der Waals surface area contributed by atoms with Crippen molar-refractivity contribution >= 4 is 0 Å². The van der Waals surface area contributed by atoms with Crippen LogP contribution in [0.15, 0.2) is 36.4 Å². The SMILES string of the molecule is Cc1ccc2c(c1)C13CC(CCC(C)C)CC1(CC(CCC(C)C)C3)c1cc(C)ccc1-2. The fourth-order valence-corrected chi connectivity index (χ4v) is 8.14. The minimum atomic E-state index is 0.360. The fraction of sp³-hybridized carbons (Fsp3) is 0.625. The molecule has 5 rings (SSSR count). The lowest BCUT2D eigenvalue weighted by Crippen LogP contribution is -2.43. The number of hydrogen-bond donors (Lipinski definition) is 0. The summed E-state index contributed by atoms with van der Waals surface area (Å²) in [6.07, 6.45) is 11.3. The Kier molecular flexibility index (Phi) is 5.58. The molecule has 0 nitrogen and oxygen atoms in total. The Labute approximate surface area is 197 Å². The lowest BCUT2D eigenvalue weighted by molar-refractivity contribution is 0.299. The van der Waals surface area contributed by atoms with E-state index >= 15 is 0 Å². The second-order valence-electron chi connectivity index (χ2n) is 12.8. The Balaban J connectivity index is 1.67. The number of fused-ring (bicyclic) bond motifs is 3. The van der Waals surface area contributed by atoms with Gasteiger partial charge in [-0.2, -0.15) is 0 Å². The van der Waals surface area contributed by atoms with E-state index in [0.29, 0.717) is 10.8 Å². The highest BCUT2D eigenvalue weighted by Gasteiger charge is 2.66. The summed E-state index contributed by atoms with van der Waals surface area (Å²) in [4.78, 5) is 0. The molecule has 32 heavy (non-hydrogen) atoms. The van der Waals surface area contributed by atoms with Crippen molar-refractivity contribution in [2.75, 3.05) is 0 Å². The highest BCUT2D eigenvalue weighted by atomic mass is 14.7. The van der Waals surface area contributed by atoms with Crippen LogP contribution >= 0.6 is 0 Å². The maximum atomic E-state index is 2.60. The highest BCUT2D eigenvalue weighted by Crippen LogP contribution is 2.72. The number of rotatable bonds is 6. The van der Waals surface area contributed by atoms with Crippen molar-refractivity contribution in [3.63, 3.8) is 0 Å². The van der Waals surface area contributed by atoms with Gasteiger partial charge in [-0.05, 0) is 85.5 Å². The van der Waals surface area contributed by atoms with Crippen molar-refractivity contribution < 1.29 is 0 Å². The molecular formula is C32H44. The van der Waals surface area contributed by atoms with Crippen molar-refractivity contribution in [3.05, 3.63) is 58.7 Å². The smallest absolute Gasteiger partial charge is 0.00617 e. The van der Waals surface area contributed by atoms with Crippen LogP contribution in [0.3, 0.4) is 0 Å². The molecule has 172 valence electrons. The third-order valence-electron chi connectivity index (χ3n) is 9.44. The van der Waals surface area contributed by atoms with Gasteiger partial charge in [0.1, 0.15) is 0 Å². The molecule has 2 saturated carbocycles. The summed E-state index contributed by atoms with van der Waals surface area (Å²) in [5.41, 5.74) is 10.1. The molecule has 0 heterocycles. The molecule has 0 aromatic heterocycles. The molecule has 0 aliphatic heterocycles. The first kappa shape index (κ1) is 22.2. The summed E-state index contributed by atoms with van der Waals surface area (Å²) in [5.74, 6) is 3.39. The average Bonchev–Trinajstić information content (AvgIpc) is 3.22. The van der Waals surface area contributed by atoms with Crippen molar-refractivity contribution in [2.24, 2.45) is 23.7 Å². The van der Waals surface area contributed by atoms with Crippen molar-refractivity contribution in [3.8, 4) is 11.1 Å². The second-order valence-corrected chi connectivity index (χ2v) is 12.8. The molecule has 0 atom stereocenters. The first-order valence-electron chi connectivity index (χ1n) is 13.5. The van der Waals surface area contributed by atoms with E-state index in [0.717, 1.165) is 23.7 Å². The third kappa shape index (κ3) is 3.39. The zero-order valence-electron chi connectivity index (χ0n) is 21.4. The van der Waals surface area contributed by atoms with Gasteiger partial charge in [0.25, 0.3) is 0 Å². The molecule has 0 radical (unpaired) electrons. The van der Waals surface area contributed by atoms with E-state index in [4.69, 9.17) is 0 Å². The molecule has 2 fully saturated rings. The van der Waals surface area contributed by atoms with Gasteiger partial charge in [-0.25, -0.2) is 0 Å². The summed E-state index contributed by atoms with van der Waals surface area (Å²) in [5, 5.41) is 0. The summed E-state index contributed by atoms with van der Waals surface area (Å²) in [7, 11) is 0. The minimum absolute atomic E-state index is 0.360. The Bertz CT molecular complexity index is 898. The minimum Gasteiger partial charge on any atom is -0.0628 e. The molecule has 0 heteroatoms. The third-order valence-corrected chi connectivity index (χ3v) is 9.44. The van der Waals surface area contributed by atoms with Gasteiger partial charge >= 0.3 is 0 Å². The molecule has 3 aliphatic rings. The lowest BCUT2D eigenvalue weighted by atomic mass is 9.55. The molecular weight excluding hydrogens is 384 g/mol. The topological polar surface area (TPSA) is 0 Å². The number of hydrogen-bond acceptors (Lipinski definition) is 0. The van der Waals surface area contributed by atoms with Crippen molar-refractivity contribution in [1.29, 1.82) is 0 Å². The summed E-state index contributed by atoms with van der Waals surface area (Å²) in [6.45, 7) is 14.2. The van der Waals surface area contributed by atoms with Gasteiger partial charge in [-0.3, -0.25) is 0 Å². The summed E-state index contributed by atoms with van der Waals surface area (Å²) >= 11 is 0. The Hall–Kier alpha value is -1.56. The van der Waals surface area contributed by atoms with E-state index in [-0.39, 0.29) is 0 Å². The van der Waals surface area contributed by atoms with E-state index < -0.39 is 0 Å². The second kappa shape index (κ2) is 8.03. The first-order valence-corrected chi connectivity index (χ1v) is 13.5. The van der Waals surface area contributed by atoms with E-state index in [1.165, 1.54) is 62.5 Å². The Morgan fingerprint density at radius 2 is 1.03 bits per heavy atom. The van der Waals surface area contributed by atoms with Crippen molar-refractivity contribution in [2.45, 2.75) is 104 Å². The predicted molar refractivity (Wildman–Crippen MR) is 138 cm³/mol. The maximum absolute atomic E-state index is 2.60. The highest BCUT2D eigenvalue weighted by molar-refractivity contribution is 5.79. The molecule has 0 unspecified atom stereocenters. The Morgan fingerprint density at radius 1 is 0.656 bits per heavy atom. The van der Waals surface area contributed by atoms with E-state index in [9.17, 15) is 0 Å². The van der Waals surface area contributed by atoms with Gasteiger partial charge in [0, 0.05) is 10.8 Å². The van der Waals surface area contributed by atoms with Gasteiger partial charge < -0.3 is 0 Å². The molecule has 0 saturated heterocycles. The molecule has 0 spiro atoms. The van der Waals surface area contributed by atoms with Crippen LogP contribution in [0.1, 0.15) is 101 Å². The number of aryl methyl sites for hydroxylation is 2. The fourth-order valence-electron chi connectivity index (χ4n) is 8.14. The van der Waals surface area contributed by atoms with Crippen LogP contribution in [0.5, 0.6) is 0 Å². The molecule has 3 aliphatic carbocycles. The van der Waals surface area contributed by atoms with Crippen LogP contribution in [0.2, 0.25) is 0 Å². The van der Waals surface area contributed by atoms with Crippen LogP contribution in [0, 0.1) is 37.5 Å². The monoisotopic (exact) mass is 428 g/mol. The number of benzene rings is 2. The van der Waals surface area contributed by atoms with Crippen LogP contribution in [-0.4, -0.2) is 0 Å². The van der Waals surface area contributed by atoms with Gasteiger partial charge in [0.15, 0.2) is 0 Å². The predicted octanol–water partition coefficient (Wildman–Crippen LogP) is 9.15.